The predicted molar refractivity (Wildman–Crippen MR) is 137 cm³/mol. The molecule has 0 N–H and O–H groups in total. The second-order valence-corrected chi connectivity index (χ2v) is 14.3. The number of Topliss-reactive ketones (excluding diaryl/α,β-unsaturated/α-hetero) is 1. The van der Waals surface area contributed by atoms with Gasteiger partial charge in [-0.05, 0) is 82.6 Å². The molecular weight excluding hydrogens is 450 g/mol. The fraction of sp³-hybridized carbons (Fsp3) is 0.481. The Morgan fingerprint density at radius 1 is 1.03 bits per heavy atom. The first kappa shape index (κ1) is 24.1. The summed E-state index contributed by atoms with van der Waals surface area (Å²) < 4.78 is 25.5. The number of nitrogens with zero attached hydrogens (tertiary/aromatic N) is 1. The van der Waals surface area contributed by atoms with E-state index >= 15 is 0 Å². The van der Waals surface area contributed by atoms with Crippen LogP contribution in [-0.4, -0.2) is 29.7 Å². The molecule has 0 atom stereocenters. The lowest BCUT2D eigenvalue weighted by Crippen LogP contribution is -2.35. The van der Waals surface area contributed by atoms with E-state index in [1.54, 1.807) is 32.1 Å². The number of ketones is 1. The molecule has 6 heteroatoms. The van der Waals surface area contributed by atoms with Gasteiger partial charge in [-0.3, -0.25) is 4.79 Å². The number of sulfone groups is 1. The molecule has 4 rings (SSSR count). The highest BCUT2D eigenvalue weighted by Crippen LogP contribution is 2.34. The maximum Gasteiger partial charge on any atom is 0.155 e. The van der Waals surface area contributed by atoms with Crippen LogP contribution in [-0.2, 0) is 21.1 Å². The lowest BCUT2D eigenvalue weighted by Gasteiger charge is -2.30. The van der Waals surface area contributed by atoms with Crippen LogP contribution in [0.5, 0.6) is 0 Å². The highest BCUT2D eigenvalue weighted by Gasteiger charge is 2.34. The van der Waals surface area contributed by atoms with E-state index in [4.69, 9.17) is 4.98 Å². The first-order chi connectivity index (χ1) is 15.5. The van der Waals surface area contributed by atoms with E-state index in [0.717, 1.165) is 47.3 Å². The maximum atomic E-state index is 12.9. The van der Waals surface area contributed by atoms with Gasteiger partial charge in [0.15, 0.2) is 9.84 Å². The lowest BCUT2D eigenvalue weighted by molar-refractivity contribution is -0.123. The van der Waals surface area contributed by atoms with Crippen LogP contribution in [0, 0.1) is 18.8 Å². The molecule has 1 aliphatic carbocycles. The minimum Gasteiger partial charge on any atom is -0.299 e. The third-order valence-corrected chi connectivity index (χ3v) is 10.7. The molecule has 0 radical (unpaired) electrons. The summed E-state index contributed by atoms with van der Waals surface area (Å²) in [6, 6.07) is 14.5. The SMILES string of the molecule is Cc1ccc2nc(-c3ccc(CC(=O)C4CCC(CS(=O)(=O)C(C)(C)C)CC4)cc3)sc2c1. The first-order valence-electron chi connectivity index (χ1n) is 11.7. The Bertz CT molecular complexity index is 1240. The summed E-state index contributed by atoms with van der Waals surface area (Å²) in [6.45, 7) is 7.38. The average Bonchev–Trinajstić information content (AvgIpc) is 3.17. The number of benzene rings is 2. The van der Waals surface area contributed by atoms with Crippen molar-refractivity contribution in [2.45, 2.75) is 64.5 Å². The van der Waals surface area contributed by atoms with Crippen molar-refractivity contribution in [3.05, 3.63) is 53.6 Å². The van der Waals surface area contributed by atoms with Gasteiger partial charge < -0.3 is 0 Å². The molecule has 0 saturated heterocycles. The first-order valence-corrected chi connectivity index (χ1v) is 14.2. The number of rotatable bonds is 6. The second-order valence-electron chi connectivity index (χ2n) is 10.4. The van der Waals surface area contributed by atoms with Crippen LogP contribution < -0.4 is 0 Å². The average molecular weight is 484 g/mol. The van der Waals surface area contributed by atoms with Gasteiger partial charge in [0.05, 0.1) is 20.7 Å². The maximum absolute atomic E-state index is 12.9. The quantitative estimate of drug-likeness (QED) is 0.407. The van der Waals surface area contributed by atoms with Gasteiger partial charge in [-0.2, -0.15) is 0 Å². The van der Waals surface area contributed by atoms with E-state index in [9.17, 15) is 13.2 Å². The number of hydrogen-bond acceptors (Lipinski definition) is 5. The summed E-state index contributed by atoms with van der Waals surface area (Å²) in [6.07, 6.45) is 3.68. The number of thiazole rings is 1. The molecule has 0 amide bonds. The molecule has 1 aliphatic rings. The van der Waals surface area contributed by atoms with Crippen LogP contribution in [0.1, 0.15) is 57.6 Å². The topological polar surface area (TPSA) is 64.1 Å². The van der Waals surface area contributed by atoms with Gasteiger partial charge in [0, 0.05) is 17.9 Å². The van der Waals surface area contributed by atoms with Crippen molar-refractivity contribution < 1.29 is 13.2 Å². The fourth-order valence-electron chi connectivity index (χ4n) is 4.48. The molecular formula is C27H33NO3S2. The third kappa shape index (κ3) is 5.55. The summed E-state index contributed by atoms with van der Waals surface area (Å²) in [5.41, 5.74) is 4.35. The van der Waals surface area contributed by atoms with Gasteiger partial charge in [0.1, 0.15) is 10.8 Å². The molecule has 0 aliphatic heterocycles. The second kappa shape index (κ2) is 9.30. The van der Waals surface area contributed by atoms with Gasteiger partial charge in [0.2, 0.25) is 0 Å². The van der Waals surface area contributed by atoms with Crippen molar-refractivity contribution in [3.8, 4) is 10.6 Å². The van der Waals surface area contributed by atoms with Crippen LogP contribution >= 0.6 is 11.3 Å². The number of carbonyl (C=O) groups is 1. The van der Waals surface area contributed by atoms with E-state index in [1.165, 1.54) is 10.3 Å². The minimum absolute atomic E-state index is 0.0470. The summed E-state index contributed by atoms with van der Waals surface area (Å²) in [7, 11) is -3.11. The van der Waals surface area contributed by atoms with Crippen LogP contribution in [0.25, 0.3) is 20.8 Å². The zero-order valence-electron chi connectivity index (χ0n) is 19.9. The van der Waals surface area contributed by atoms with E-state index in [0.29, 0.717) is 6.42 Å². The van der Waals surface area contributed by atoms with Gasteiger partial charge in [-0.25, -0.2) is 13.4 Å². The summed E-state index contributed by atoms with van der Waals surface area (Å²) in [5, 5.41) is 0.997. The molecule has 176 valence electrons. The number of carbonyl (C=O) groups excluding carboxylic acids is 1. The summed E-state index contributed by atoms with van der Waals surface area (Å²) >= 11 is 1.69. The van der Waals surface area contributed by atoms with Gasteiger partial charge in [-0.1, -0.05) is 30.3 Å². The molecule has 2 aromatic carbocycles. The Labute approximate surface area is 201 Å². The molecule has 1 heterocycles. The van der Waals surface area contributed by atoms with E-state index < -0.39 is 14.6 Å². The third-order valence-electron chi connectivity index (χ3n) is 6.81. The Hall–Kier alpha value is -2.05. The van der Waals surface area contributed by atoms with Crippen molar-refractivity contribution in [1.82, 2.24) is 4.98 Å². The van der Waals surface area contributed by atoms with Crippen LogP contribution in [0.4, 0.5) is 0 Å². The Morgan fingerprint density at radius 3 is 2.33 bits per heavy atom. The number of aromatic nitrogens is 1. The molecule has 4 nitrogen and oxygen atoms in total. The number of aryl methyl sites for hydroxylation is 1. The molecule has 1 fully saturated rings. The summed E-state index contributed by atoms with van der Waals surface area (Å²) in [4.78, 5) is 17.6. The molecule has 33 heavy (non-hydrogen) atoms. The molecule has 0 bridgehead atoms. The zero-order valence-corrected chi connectivity index (χ0v) is 21.6. The van der Waals surface area contributed by atoms with Crippen molar-refractivity contribution in [1.29, 1.82) is 0 Å². The van der Waals surface area contributed by atoms with Crippen LogP contribution in [0.3, 0.4) is 0 Å². The Morgan fingerprint density at radius 2 is 1.70 bits per heavy atom. The molecule has 1 saturated carbocycles. The molecule has 3 aromatic rings. The van der Waals surface area contributed by atoms with Gasteiger partial charge in [-0.15, -0.1) is 11.3 Å². The Kier molecular flexibility index (Phi) is 6.79. The van der Waals surface area contributed by atoms with Crippen LogP contribution in [0.2, 0.25) is 0 Å². The van der Waals surface area contributed by atoms with Gasteiger partial charge in [0.25, 0.3) is 0 Å². The minimum atomic E-state index is -3.11. The largest absolute Gasteiger partial charge is 0.299 e. The fourth-order valence-corrected chi connectivity index (χ4v) is 7.00. The molecule has 0 spiro atoms. The molecule has 0 unspecified atom stereocenters. The number of hydrogen-bond donors (Lipinski definition) is 0. The van der Waals surface area contributed by atoms with Crippen molar-refractivity contribution >= 4 is 37.2 Å². The van der Waals surface area contributed by atoms with Crippen molar-refractivity contribution in [2.75, 3.05) is 5.75 Å². The normalized spacial score (nSPS) is 19.6. The number of fused-ring (bicyclic) bond motifs is 1. The van der Waals surface area contributed by atoms with Crippen molar-refractivity contribution in [3.63, 3.8) is 0 Å². The van der Waals surface area contributed by atoms with Gasteiger partial charge >= 0.3 is 0 Å². The smallest absolute Gasteiger partial charge is 0.155 e. The van der Waals surface area contributed by atoms with E-state index in [-0.39, 0.29) is 23.4 Å². The standard InChI is InChI=1S/C27H33NO3S2/c1-18-5-14-23-25(15-18)32-26(28-23)22-12-6-19(7-13-22)16-24(29)21-10-8-20(9-11-21)17-33(30,31)27(2,3)4/h5-7,12-15,20-21H,8-11,16-17H2,1-4H3. The van der Waals surface area contributed by atoms with E-state index in [2.05, 4.69) is 37.3 Å². The monoisotopic (exact) mass is 483 g/mol. The predicted octanol–water partition coefficient (Wildman–Crippen LogP) is 6.40. The zero-order chi connectivity index (χ0) is 23.8. The van der Waals surface area contributed by atoms with Crippen molar-refractivity contribution in [2.24, 2.45) is 11.8 Å². The lowest BCUT2D eigenvalue weighted by atomic mass is 9.79. The highest BCUT2D eigenvalue weighted by molar-refractivity contribution is 7.92. The van der Waals surface area contributed by atoms with E-state index in [1.807, 2.05) is 12.1 Å². The summed E-state index contributed by atoms with van der Waals surface area (Å²) in [5.74, 6) is 0.737. The Balaban J connectivity index is 1.33. The highest BCUT2D eigenvalue weighted by atomic mass is 32.2. The molecule has 1 aromatic heterocycles. The van der Waals surface area contributed by atoms with Crippen LogP contribution in [0.15, 0.2) is 42.5 Å².